The van der Waals surface area contributed by atoms with Crippen molar-refractivity contribution < 1.29 is 4.74 Å². The van der Waals surface area contributed by atoms with Gasteiger partial charge in [-0.1, -0.05) is 25.1 Å². The Kier molecular flexibility index (Phi) is 2.95. The van der Waals surface area contributed by atoms with E-state index in [-0.39, 0.29) is 6.10 Å². The molecule has 2 nitrogen and oxygen atoms in total. The summed E-state index contributed by atoms with van der Waals surface area (Å²) < 4.78 is 5.81. The Hall–Kier alpha value is -1.19. The van der Waals surface area contributed by atoms with Crippen molar-refractivity contribution in [2.45, 2.75) is 25.9 Å². The van der Waals surface area contributed by atoms with E-state index in [0.717, 1.165) is 19.4 Å². The highest BCUT2D eigenvalue weighted by atomic mass is 32.1. The summed E-state index contributed by atoms with van der Waals surface area (Å²) in [6, 6.07) is 6.53. The van der Waals surface area contributed by atoms with Crippen LogP contribution in [0.5, 0.6) is 0 Å². The van der Waals surface area contributed by atoms with Gasteiger partial charge in [0.2, 0.25) is 0 Å². The molecule has 1 aliphatic heterocycles. The summed E-state index contributed by atoms with van der Waals surface area (Å²) in [5.41, 5.74) is 6.05. The van der Waals surface area contributed by atoms with Crippen LogP contribution in [0.2, 0.25) is 0 Å². The first kappa shape index (κ1) is 10.9. The van der Waals surface area contributed by atoms with E-state index in [1.54, 1.807) is 11.3 Å². The van der Waals surface area contributed by atoms with Crippen LogP contribution < -0.4 is 0 Å². The van der Waals surface area contributed by atoms with Gasteiger partial charge in [0.15, 0.2) is 0 Å². The topological polar surface area (TPSA) is 22.1 Å². The third-order valence-electron chi connectivity index (χ3n) is 3.30. The van der Waals surface area contributed by atoms with Gasteiger partial charge in [-0.15, -0.1) is 11.3 Å². The monoisotopic (exact) mass is 245 g/mol. The minimum Gasteiger partial charge on any atom is -0.373 e. The van der Waals surface area contributed by atoms with Crippen LogP contribution >= 0.6 is 11.3 Å². The van der Waals surface area contributed by atoms with Crippen LogP contribution in [0, 0.1) is 0 Å². The van der Waals surface area contributed by atoms with E-state index < -0.39 is 0 Å². The predicted molar refractivity (Wildman–Crippen MR) is 70.2 cm³/mol. The van der Waals surface area contributed by atoms with Crippen LogP contribution in [0.1, 0.15) is 30.6 Å². The maximum absolute atomic E-state index is 5.81. The molecule has 0 saturated carbocycles. The first-order valence-electron chi connectivity index (χ1n) is 6.02. The number of hydrogen-bond acceptors (Lipinski definition) is 3. The van der Waals surface area contributed by atoms with Crippen molar-refractivity contribution in [1.82, 2.24) is 4.98 Å². The molecule has 3 rings (SSSR count). The fraction of sp³-hybridized carbons (Fsp3) is 0.357. The molecule has 3 heteroatoms. The lowest BCUT2D eigenvalue weighted by Crippen LogP contribution is -2.16. The van der Waals surface area contributed by atoms with Gasteiger partial charge in [0.05, 0.1) is 23.1 Å². The Morgan fingerprint density at radius 1 is 1.47 bits per heavy atom. The van der Waals surface area contributed by atoms with Crippen molar-refractivity contribution in [2.75, 3.05) is 6.61 Å². The molecule has 0 amide bonds. The number of fused-ring (bicyclic) bond motifs is 1. The highest BCUT2D eigenvalue weighted by Gasteiger charge is 2.22. The minimum atomic E-state index is 0.270. The van der Waals surface area contributed by atoms with Crippen molar-refractivity contribution in [1.29, 1.82) is 0 Å². The van der Waals surface area contributed by atoms with Gasteiger partial charge in [-0.05, 0) is 29.5 Å². The molecule has 88 valence electrons. The predicted octanol–water partition coefficient (Wildman–Crippen LogP) is 3.83. The van der Waals surface area contributed by atoms with Gasteiger partial charge < -0.3 is 4.74 Å². The van der Waals surface area contributed by atoms with Gasteiger partial charge in [0.25, 0.3) is 0 Å². The number of thiazole rings is 1. The summed E-state index contributed by atoms with van der Waals surface area (Å²) in [6.45, 7) is 3.01. The number of aromatic nitrogens is 1. The molecule has 2 aromatic rings. The van der Waals surface area contributed by atoms with Crippen LogP contribution in [0.15, 0.2) is 29.9 Å². The zero-order chi connectivity index (χ0) is 11.7. The summed E-state index contributed by atoms with van der Waals surface area (Å²) in [7, 11) is 0. The molecule has 2 heterocycles. The number of benzene rings is 1. The van der Waals surface area contributed by atoms with E-state index in [1.165, 1.54) is 21.6 Å². The molecule has 0 radical (unpaired) electrons. The molecule has 17 heavy (non-hydrogen) atoms. The molecule has 1 atom stereocenters. The molecule has 0 N–H and O–H groups in total. The van der Waals surface area contributed by atoms with Gasteiger partial charge in [-0.2, -0.15) is 0 Å². The Bertz CT molecular complexity index is 507. The van der Waals surface area contributed by atoms with E-state index in [4.69, 9.17) is 4.74 Å². The average Bonchev–Trinajstić information content (AvgIpc) is 2.91. The van der Waals surface area contributed by atoms with Gasteiger partial charge in [-0.25, -0.2) is 0 Å². The Morgan fingerprint density at radius 3 is 3.18 bits per heavy atom. The summed E-state index contributed by atoms with van der Waals surface area (Å²) in [5, 5.41) is 0. The molecule has 1 aliphatic rings. The van der Waals surface area contributed by atoms with Gasteiger partial charge >= 0.3 is 0 Å². The number of ether oxygens (including phenoxy) is 1. The summed E-state index contributed by atoms with van der Waals surface area (Å²) >= 11 is 1.71. The molecule has 0 saturated heterocycles. The van der Waals surface area contributed by atoms with Crippen LogP contribution in [-0.2, 0) is 11.2 Å². The van der Waals surface area contributed by atoms with Crippen LogP contribution in [0.4, 0.5) is 0 Å². The normalized spacial score (nSPS) is 19.0. The van der Waals surface area contributed by atoms with Crippen molar-refractivity contribution >= 4 is 11.3 Å². The van der Waals surface area contributed by atoms with Gasteiger partial charge in [-0.3, -0.25) is 4.98 Å². The lowest BCUT2D eigenvalue weighted by atomic mass is 9.91. The standard InChI is InChI=1S/C14H15NOS/c1-2-13-11-4-3-5-12(10(11)6-7-16-13)14-8-15-9-17-14/h3-5,8-9,13H,2,6-7H2,1H3. The second kappa shape index (κ2) is 4.59. The molecule has 1 unspecified atom stereocenters. The third kappa shape index (κ3) is 1.90. The first-order chi connectivity index (χ1) is 8.40. The van der Waals surface area contributed by atoms with E-state index in [2.05, 4.69) is 30.1 Å². The molecule has 0 fully saturated rings. The van der Waals surface area contributed by atoms with Crippen molar-refractivity contribution in [3.05, 3.63) is 41.0 Å². The minimum absolute atomic E-state index is 0.270. The Morgan fingerprint density at radius 2 is 2.41 bits per heavy atom. The Balaban J connectivity index is 2.12. The van der Waals surface area contributed by atoms with E-state index in [1.807, 2.05) is 11.7 Å². The fourth-order valence-electron chi connectivity index (χ4n) is 2.50. The SMILES string of the molecule is CCC1OCCc2c(-c3cncs3)cccc21. The largest absolute Gasteiger partial charge is 0.373 e. The lowest BCUT2D eigenvalue weighted by Gasteiger charge is -2.26. The van der Waals surface area contributed by atoms with E-state index in [0.29, 0.717) is 0 Å². The van der Waals surface area contributed by atoms with Crippen molar-refractivity contribution in [2.24, 2.45) is 0 Å². The zero-order valence-corrected chi connectivity index (χ0v) is 10.7. The van der Waals surface area contributed by atoms with Gasteiger partial charge in [0.1, 0.15) is 0 Å². The third-order valence-corrected chi connectivity index (χ3v) is 4.11. The van der Waals surface area contributed by atoms with Crippen LogP contribution in [0.3, 0.4) is 0 Å². The highest BCUT2D eigenvalue weighted by molar-refractivity contribution is 7.13. The number of hydrogen-bond donors (Lipinski definition) is 0. The number of rotatable bonds is 2. The quantitative estimate of drug-likeness (QED) is 0.802. The zero-order valence-electron chi connectivity index (χ0n) is 9.85. The fourth-order valence-corrected chi connectivity index (χ4v) is 3.17. The van der Waals surface area contributed by atoms with Crippen LogP contribution in [-0.4, -0.2) is 11.6 Å². The number of nitrogens with zero attached hydrogens (tertiary/aromatic N) is 1. The summed E-state index contributed by atoms with van der Waals surface area (Å²) in [5.74, 6) is 0. The molecule has 0 bridgehead atoms. The molecule has 0 spiro atoms. The second-order valence-corrected chi connectivity index (χ2v) is 5.14. The molecule has 1 aromatic carbocycles. The average molecular weight is 245 g/mol. The van der Waals surface area contributed by atoms with E-state index >= 15 is 0 Å². The summed E-state index contributed by atoms with van der Waals surface area (Å²) in [6.07, 6.45) is 4.28. The molecular weight excluding hydrogens is 230 g/mol. The van der Waals surface area contributed by atoms with Gasteiger partial charge in [0, 0.05) is 6.20 Å². The van der Waals surface area contributed by atoms with Crippen LogP contribution in [0.25, 0.3) is 10.4 Å². The van der Waals surface area contributed by atoms with Crippen molar-refractivity contribution in [3.8, 4) is 10.4 Å². The molecule has 0 aliphatic carbocycles. The smallest absolute Gasteiger partial charge is 0.0825 e. The lowest BCUT2D eigenvalue weighted by molar-refractivity contribution is 0.0401. The highest BCUT2D eigenvalue weighted by Crippen LogP contribution is 2.36. The first-order valence-corrected chi connectivity index (χ1v) is 6.90. The molecule has 1 aromatic heterocycles. The maximum atomic E-state index is 5.81. The second-order valence-electron chi connectivity index (χ2n) is 4.26. The maximum Gasteiger partial charge on any atom is 0.0825 e. The summed E-state index contributed by atoms with van der Waals surface area (Å²) in [4.78, 5) is 5.44. The van der Waals surface area contributed by atoms with Crippen molar-refractivity contribution in [3.63, 3.8) is 0 Å². The molecular formula is C14H15NOS. The Labute approximate surface area is 105 Å². The van der Waals surface area contributed by atoms with E-state index in [9.17, 15) is 0 Å².